The van der Waals surface area contributed by atoms with Gasteiger partial charge in [-0.05, 0) is 82.9 Å². The Bertz CT molecular complexity index is 1350. The summed E-state index contributed by atoms with van der Waals surface area (Å²) in [6.45, 7) is 0. The Labute approximate surface area is 209 Å². The minimum atomic E-state index is -1.23. The minimum Gasteiger partial charge on any atom is -0.478 e. The normalized spacial score (nSPS) is 10.5. The SMILES string of the molecule is O=C(O)c1cc(C(=O)O)cc(-c2ccc(Oc3ccc(-c4cc(C(=O)O)cc(C(=O)O)c4)cc3)cc2)c1. The van der Waals surface area contributed by atoms with Crippen LogP contribution in [-0.4, -0.2) is 44.3 Å². The molecule has 0 unspecified atom stereocenters. The van der Waals surface area contributed by atoms with E-state index in [0.717, 1.165) is 12.1 Å². The zero-order valence-corrected chi connectivity index (χ0v) is 18.9. The summed E-state index contributed by atoms with van der Waals surface area (Å²) in [6, 6.07) is 21.0. The highest BCUT2D eigenvalue weighted by Gasteiger charge is 2.14. The summed E-state index contributed by atoms with van der Waals surface area (Å²) in [5.74, 6) is -4.01. The quantitative estimate of drug-likeness (QED) is 0.242. The van der Waals surface area contributed by atoms with E-state index in [0.29, 0.717) is 33.8 Å². The van der Waals surface area contributed by atoms with E-state index in [1.54, 1.807) is 48.5 Å². The molecule has 0 saturated carbocycles. The fourth-order valence-electron chi connectivity index (χ4n) is 3.65. The van der Waals surface area contributed by atoms with Crippen LogP contribution >= 0.6 is 0 Å². The van der Waals surface area contributed by atoms with E-state index in [1.165, 1.54) is 24.3 Å². The molecule has 4 rings (SSSR count). The largest absolute Gasteiger partial charge is 0.478 e. The second-order valence-electron chi connectivity index (χ2n) is 7.97. The van der Waals surface area contributed by atoms with Gasteiger partial charge in [0.25, 0.3) is 0 Å². The van der Waals surface area contributed by atoms with Crippen molar-refractivity contribution in [2.45, 2.75) is 0 Å². The number of aromatic carboxylic acids is 4. The van der Waals surface area contributed by atoms with Crippen molar-refractivity contribution in [3.8, 4) is 33.8 Å². The lowest BCUT2D eigenvalue weighted by Crippen LogP contribution is -2.03. The van der Waals surface area contributed by atoms with Crippen molar-refractivity contribution in [1.29, 1.82) is 0 Å². The van der Waals surface area contributed by atoms with Crippen LogP contribution in [0.1, 0.15) is 41.4 Å². The van der Waals surface area contributed by atoms with Crippen LogP contribution in [0.25, 0.3) is 22.3 Å². The second kappa shape index (κ2) is 10.0. The first-order valence-corrected chi connectivity index (χ1v) is 10.7. The summed E-state index contributed by atoms with van der Waals surface area (Å²) in [6.07, 6.45) is 0. The van der Waals surface area contributed by atoms with Gasteiger partial charge in [0.15, 0.2) is 0 Å². The lowest BCUT2D eigenvalue weighted by molar-refractivity contribution is 0.0676. The van der Waals surface area contributed by atoms with E-state index in [1.807, 2.05) is 0 Å². The van der Waals surface area contributed by atoms with Crippen LogP contribution in [0.5, 0.6) is 11.5 Å². The van der Waals surface area contributed by atoms with E-state index in [4.69, 9.17) is 4.74 Å². The lowest BCUT2D eigenvalue weighted by Gasteiger charge is -2.10. The molecule has 4 aromatic rings. The van der Waals surface area contributed by atoms with Gasteiger partial charge in [0.05, 0.1) is 22.3 Å². The van der Waals surface area contributed by atoms with Gasteiger partial charge in [-0.25, -0.2) is 19.2 Å². The van der Waals surface area contributed by atoms with Gasteiger partial charge in [-0.1, -0.05) is 24.3 Å². The smallest absolute Gasteiger partial charge is 0.335 e. The van der Waals surface area contributed by atoms with Crippen LogP contribution in [0.3, 0.4) is 0 Å². The van der Waals surface area contributed by atoms with Crippen molar-refractivity contribution in [2.75, 3.05) is 0 Å². The van der Waals surface area contributed by atoms with E-state index in [9.17, 15) is 39.6 Å². The fraction of sp³-hybridized carbons (Fsp3) is 0. The molecule has 0 fully saturated rings. The van der Waals surface area contributed by atoms with Gasteiger partial charge in [0.1, 0.15) is 11.5 Å². The number of rotatable bonds is 8. The molecule has 184 valence electrons. The first-order chi connectivity index (χ1) is 17.6. The zero-order valence-electron chi connectivity index (χ0n) is 18.9. The maximum absolute atomic E-state index is 11.4. The zero-order chi connectivity index (χ0) is 26.7. The van der Waals surface area contributed by atoms with Gasteiger partial charge < -0.3 is 25.2 Å². The Morgan fingerprint density at radius 1 is 0.405 bits per heavy atom. The summed E-state index contributed by atoms with van der Waals surface area (Å²) in [5, 5.41) is 37.1. The summed E-state index contributed by atoms with van der Waals surface area (Å²) in [4.78, 5) is 45.4. The molecule has 0 spiro atoms. The highest BCUT2D eigenvalue weighted by atomic mass is 16.5. The first-order valence-electron chi connectivity index (χ1n) is 10.7. The average molecular weight is 498 g/mol. The third-order valence-electron chi connectivity index (χ3n) is 5.46. The number of carboxylic acid groups (broad SMARTS) is 4. The van der Waals surface area contributed by atoms with Crippen LogP contribution in [0.4, 0.5) is 0 Å². The van der Waals surface area contributed by atoms with Crippen molar-refractivity contribution in [3.05, 3.63) is 107 Å². The molecule has 9 nitrogen and oxygen atoms in total. The van der Waals surface area contributed by atoms with Crippen molar-refractivity contribution in [2.24, 2.45) is 0 Å². The van der Waals surface area contributed by atoms with Crippen molar-refractivity contribution in [1.82, 2.24) is 0 Å². The molecule has 0 aromatic heterocycles. The summed E-state index contributed by atoms with van der Waals surface area (Å²) in [7, 11) is 0. The molecule has 0 atom stereocenters. The molecule has 0 amide bonds. The molecule has 0 aliphatic carbocycles. The van der Waals surface area contributed by atoms with Gasteiger partial charge in [-0.2, -0.15) is 0 Å². The Morgan fingerprint density at radius 3 is 0.919 bits per heavy atom. The standard InChI is InChI=1S/C28H18O9/c29-25(30)19-9-17(10-20(13-19)26(31)32)15-1-5-23(6-2-15)37-24-7-3-16(4-8-24)18-11-21(27(33)34)14-22(12-18)28(35)36/h1-14H,(H,29,30)(H,31,32)(H,33,34)(H,35,36). The van der Waals surface area contributed by atoms with Crippen LogP contribution in [-0.2, 0) is 0 Å². The molecular weight excluding hydrogens is 480 g/mol. The van der Waals surface area contributed by atoms with Gasteiger partial charge in [-0.3, -0.25) is 0 Å². The van der Waals surface area contributed by atoms with Gasteiger partial charge in [-0.15, -0.1) is 0 Å². The van der Waals surface area contributed by atoms with Crippen LogP contribution < -0.4 is 4.74 Å². The van der Waals surface area contributed by atoms with Crippen molar-refractivity contribution < 1.29 is 44.3 Å². The monoisotopic (exact) mass is 498 g/mol. The maximum Gasteiger partial charge on any atom is 0.335 e. The molecule has 0 aliphatic heterocycles. The van der Waals surface area contributed by atoms with Gasteiger partial charge in [0, 0.05) is 0 Å². The van der Waals surface area contributed by atoms with E-state index in [-0.39, 0.29) is 22.3 Å². The van der Waals surface area contributed by atoms with Crippen molar-refractivity contribution in [3.63, 3.8) is 0 Å². The number of carbonyl (C=O) groups is 4. The number of carboxylic acids is 4. The fourth-order valence-corrected chi connectivity index (χ4v) is 3.65. The van der Waals surface area contributed by atoms with Crippen LogP contribution in [0.15, 0.2) is 84.9 Å². The molecular formula is C28H18O9. The van der Waals surface area contributed by atoms with Crippen molar-refractivity contribution >= 4 is 23.9 Å². The topological polar surface area (TPSA) is 158 Å². The molecule has 0 bridgehead atoms. The molecule has 0 saturated heterocycles. The third kappa shape index (κ3) is 5.63. The van der Waals surface area contributed by atoms with Crippen LogP contribution in [0, 0.1) is 0 Å². The molecule has 37 heavy (non-hydrogen) atoms. The molecule has 0 radical (unpaired) electrons. The Morgan fingerprint density at radius 2 is 0.676 bits per heavy atom. The second-order valence-corrected chi connectivity index (χ2v) is 7.97. The molecule has 4 N–H and O–H groups in total. The molecule has 0 aliphatic rings. The first kappa shape index (κ1) is 24.7. The van der Waals surface area contributed by atoms with E-state index >= 15 is 0 Å². The summed E-state index contributed by atoms with van der Waals surface area (Å²) < 4.78 is 5.83. The summed E-state index contributed by atoms with van der Waals surface area (Å²) in [5.41, 5.74) is 1.50. The third-order valence-corrected chi connectivity index (χ3v) is 5.46. The summed E-state index contributed by atoms with van der Waals surface area (Å²) >= 11 is 0. The Kier molecular flexibility index (Phi) is 6.70. The number of hydrogen-bond acceptors (Lipinski definition) is 5. The van der Waals surface area contributed by atoms with Gasteiger partial charge in [0.2, 0.25) is 0 Å². The molecule has 9 heteroatoms. The van der Waals surface area contributed by atoms with E-state index < -0.39 is 23.9 Å². The van der Waals surface area contributed by atoms with Gasteiger partial charge >= 0.3 is 23.9 Å². The molecule has 0 heterocycles. The Hall–Kier alpha value is -5.44. The Balaban J connectivity index is 1.55. The highest BCUT2D eigenvalue weighted by molar-refractivity contribution is 5.97. The average Bonchev–Trinajstić information content (AvgIpc) is 2.89. The number of hydrogen-bond donors (Lipinski definition) is 4. The lowest BCUT2D eigenvalue weighted by atomic mass is 9.99. The predicted octanol–water partition coefficient (Wildman–Crippen LogP) is 5.61. The minimum absolute atomic E-state index is 0.139. The van der Waals surface area contributed by atoms with Crippen LogP contribution in [0.2, 0.25) is 0 Å². The number of ether oxygens (including phenoxy) is 1. The maximum atomic E-state index is 11.4. The number of benzene rings is 4. The highest BCUT2D eigenvalue weighted by Crippen LogP contribution is 2.30. The van der Waals surface area contributed by atoms with E-state index in [2.05, 4.69) is 0 Å². The predicted molar refractivity (Wildman–Crippen MR) is 132 cm³/mol. The molecule has 4 aromatic carbocycles.